The number of thiophene rings is 2. The molecule has 0 saturated carbocycles. The maximum Gasteiger partial charge on any atom is 0.294 e. The predicted octanol–water partition coefficient (Wildman–Crippen LogP) is 3.83. The lowest BCUT2D eigenvalue weighted by molar-refractivity contribution is 0.0970. The summed E-state index contributed by atoms with van der Waals surface area (Å²) in [5.41, 5.74) is 0.777. The molecule has 0 fully saturated rings. The van der Waals surface area contributed by atoms with Gasteiger partial charge in [-0.3, -0.25) is 9.59 Å². The van der Waals surface area contributed by atoms with Crippen molar-refractivity contribution < 1.29 is 4.79 Å². The average molecular weight is 373 g/mol. The van der Waals surface area contributed by atoms with Crippen LogP contribution in [0.15, 0.2) is 39.8 Å². The third-order valence-electron chi connectivity index (χ3n) is 3.45. The Morgan fingerprint density at radius 3 is 2.71 bits per heavy atom. The van der Waals surface area contributed by atoms with Crippen molar-refractivity contribution in [3.05, 3.63) is 55.3 Å². The highest BCUT2D eigenvalue weighted by Gasteiger charge is 2.19. The molecule has 0 unspecified atom stereocenters. The Labute approximate surface area is 148 Å². The number of rotatable bonds is 4. The van der Waals surface area contributed by atoms with Crippen molar-refractivity contribution in [2.45, 2.75) is 13.5 Å². The lowest BCUT2D eigenvalue weighted by Gasteiger charge is -2.06. The molecule has 0 aliphatic heterocycles. The van der Waals surface area contributed by atoms with E-state index in [2.05, 4.69) is 10.1 Å². The summed E-state index contributed by atoms with van der Waals surface area (Å²) in [6, 6.07) is 7.47. The number of ketones is 1. The fourth-order valence-corrected chi connectivity index (χ4v) is 4.75. The van der Waals surface area contributed by atoms with Crippen LogP contribution in [0, 0.1) is 6.92 Å². The van der Waals surface area contributed by atoms with E-state index in [9.17, 15) is 9.59 Å². The van der Waals surface area contributed by atoms with E-state index in [1.807, 2.05) is 35.9 Å². The second-order valence-electron chi connectivity index (χ2n) is 5.10. The molecule has 5 nitrogen and oxygen atoms in total. The first-order valence-corrected chi connectivity index (χ1v) is 9.70. The molecule has 120 valence electrons. The Morgan fingerprint density at radius 2 is 2.00 bits per heavy atom. The van der Waals surface area contributed by atoms with Gasteiger partial charge in [0.1, 0.15) is 12.2 Å². The summed E-state index contributed by atoms with van der Waals surface area (Å²) in [5.74, 6) is -0.122. The van der Waals surface area contributed by atoms with Crippen LogP contribution in [0.5, 0.6) is 0 Å². The van der Waals surface area contributed by atoms with Gasteiger partial charge in [-0.1, -0.05) is 12.1 Å². The molecule has 0 bridgehead atoms. The number of hydrogen-bond acceptors (Lipinski definition) is 7. The van der Waals surface area contributed by atoms with Crippen molar-refractivity contribution in [3.8, 4) is 10.6 Å². The summed E-state index contributed by atoms with van der Waals surface area (Å²) < 4.78 is 2.01. The highest BCUT2D eigenvalue weighted by atomic mass is 32.1. The van der Waals surface area contributed by atoms with Gasteiger partial charge in [0.2, 0.25) is 0 Å². The van der Waals surface area contributed by atoms with Gasteiger partial charge in [-0.2, -0.15) is 5.10 Å². The molecule has 0 aliphatic carbocycles. The first kappa shape index (κ1) is 15.4. The molecule has 4 rings (SSSR count). The molecule has 0 aromatic carbocycles. The number of Topliss-reactive ketones (excluding diaryl/α,β-unsaturated/α-hetero) is 1. The van der Waals surface area contributed by atoms with E-state index in [4.69, 9.17) is 0 Å². The molecule has 0 spiro atoms. The van der Waals surface area contributed by atoms with Crippen LogP contribution < -0.4 is 5.56 Å². The molecule has 0 aliphatic rings. The topological polar surface area (TPSA) is 64.8 Å². The van der Waals surface area contributed by atoms with E-state index in [-0.39, 0.29) is 17.9 Å². The maximum absolute atomic E-state index is 12.7. The van der Waals surface area contributed by atoms with E-state index in [0.717, 1.165) is 14.6 Å². The Morgan fingerprint density at radius 1 is 1.21 bits per heavy atom. The Kier molecular flexibility index (Phi) is 3.87. The lowest BCUT2D eigenvalue weighted by Crippen LogP contribution is -2.27. The molecule has 0 atom stereocenters. The second-order valence-corrected chi connectivity index (χ2v) is 8.20. The Bertz CT molecular complexity index is 1080. The number of aromatic nitrogens is 3. The normalized spacial score (nSPS) is 11.2. The molecule has 24 heavy (non-hydrogen) atoms. The summed E-state index contributed by atoms with van der Waals surface area (Å²) in [6.45, 7) is 1.79. The average Bonchev–Trinajstić information content (AvgIpc) is 3.30. The van der Waals surface area contributed by atoms with Crippen LogP contribution in [0.4, 0.5) is 0 Å². The standard InChI is InChI=1S/C16H11N3O2S3/c1-9-17-14-15(24-9)13(12-5-3-7-23-12)18-19(16(14)21)8-10(20)11-4-2-6-22-11/h2-7H,8H2,1H3. The molecule has 0 N–H and O–H groups in total. The smallest absolute Gasteiger partial charge is 0.291 e. The first-order valence-electron chi connectivity index (χ1n) is 7.12. The van der Waals surface area contributed by atoms with E-state index in [0.29, 0.717) is 16.1 Å². The molecular weight excluding hydrogens is 362 g/mol. The van der Waals surface area contributed by atoms with Crippen LogP contribution in [0.3, 0.4) is 0 Å². The van der Waals surface area contributed by atoms with Gasteiger partial charge in [0.05, 0.1) is 19.5 Å². The van der Waals surface area contributed by atoms with Crippen LogP contribution in [0.25, 0.3) is 20.8 Å². The summed E-state index contributed by atoms with van der Waals surface area (Å²) in [4.78, 5) is 31.0. The minimum atomic E-state index is -0.320. The van der Waals surface area contributed by atoms with Crippen LogP contribution in [-0.4, -0.2) is 20.5 Å². The number of nitrogens with zero attached hydrogens (tertiary/aromatic N) is 3. The van der Waals surface area contributed by atoms with Gasteiger partial charge in [0.25, 0.3) is 5.56 Å². The quantitative estimate of drug-likeness (QED) is 0.510. The second kappa shape index (κ2) is 6.04. The first-order chi connectivity index (χ1) is 11.6. The molecule has 8 heteroatoms. The molecule has 0 amide bonds. The molecule has 4 aromatic heterocycles. The number of carbonyl (C=O) groups excluding carboxylic acids is 1. The van der Waals surface area contributed by atoms with Crippen molar-refractivity contribution in [1.82, 2.24) is 14.8 Å². The molecule has 0 saturated heterocycles. The van der Waals surface area contributed by atoms with Crippen molar-refractivity contribution in [2.24, 2.45) is 0 Å². The fraction of sp³-hybridized carbons (Fsp3) is 0.125. The Hall–Kier alpha value is -2.16. The number of fused-ring (bicyclic) bond motifs is 1. The predicted molar refractivity (Wildman–Crippen MR) is 98.4 cm³/mol. The highest BCUT2D eigenvalue weighted by molar-refractivity contribution is 7.20. The van der Waals surface area contributed by atoms with Gasteiger partial charge in [0, 0.05) is 0 Å². The monoisotopic (exact) mass is 373 g/mol. The van der Waals surface area contributed by atoms with Gasteiger partial charge in [-0.25, -0.2) is 9.67 Å². The SMILES string of the molecule is Cc1nc2c(=O)n(CC(=O)c3cccs3)nc(-c3cccs3)c2s1. The van der Waals surface area contributed by atoms with Crippen molar-refractivity contribution >= 4 is 50.0 Å². The van der Waals surface area contributed by atoms with Gasteiger partial charge in [-0.15, -0.1) is 34.0 Å². The number of thiazole rings is 1. The fourth-order valence-electron chi connectivity index (χ4n) is 2.40. The van der Waals surface area contributed by atoms with Crippen molar-refractivity contribution in [2.75, 3.05) is 0 Å². The van der Waals surface area contributed by atoms with Crippen molar-refractivity contribution in [3.63, 3.8) is 0 Å². The summed E-state index contributed by atoms with van der Waals surface area (Å²) >= 11 is 4.36. The van der Waals surface area contributed by atoms with Crippen molar-refractivity contribution in [1.29, 1.82) is 0 Å². The zero-order valence-corrected chi connectivity index (χ0v) is 15.0. The number of carbonyl (C=O) groups is 1. The third-order valence-corrected chi connectivity index (χ3v) is 6.22. The van der Waals surface area contributed by atoms with Gasteiger partial charge in [0.15, 0.2) is 11.3 Å². The molecule has 4 aromatic rings. The van der Waals surface area contributed by atoms with E-state index < -0.39 is 0 Å². The third kappa shape index (κ3) is 2.62. The van der Waals surface area contributed by atoms with Gasteiger partial charge >= 0.3 is 0 Å². The lowest BCUT2D eigenvalue weighted by atomic mass is 10.3. The van der Waals surface area contributed by atoms with E-state index >= 15 is 0 Å². The minimum Gasteiger partial charge on any atom is -0.291 e. The molecule has 0 radical (unpaired) electrons. The van der Waals surface area contributed by atoms with Crippen LogP contribution in [0.1, 0.15) is 14.7 Å². The number of hydrogen-bond donors (Lipinski definition) is 0. The highest BCUT2D eigenvalue weighted by Crippen LogP contribution is 2.32. The largest absolute Gasteiger partial charge is 0.294 e. The van der Waals surface area contributed by atoms with E-state index in [1.165, 1.54) is 27.4 Å². The van der Waals surface area contributed by atoms with Gasteiger partial charge in [-0.05, 0) is 29.8 Å². The maximum atomic E-state index is 12.7. The summed E-state index contributed by atoms with van der Waals surface area (Å²) in [7, 11) is 0. The van der Waals surface area contributed by atoms with Crippen LogP contribution in [-0.2, 0) is 6.54 Å². The van der Waals surface area contributed by atoms with E-state index in [1.54, 1.807) is 17.4 Å². The minimum absolute atomic E-state index is 0.0791. The Balaban J connectivity index is 1.88. The molecular formula is C16H11N3O2S3. The number of aryl methyl sites for hydroxylation is 1. The van der Waals surface area contributed by atoms with Gasteiger partial charge < -0.3 is 0 Å². The summed E-state index contributed by atoms with van der Waals surface area (Å²) in [5, 5.41) is 9.09. The zero-order chi connectivity index (χ0) is 16.7. The zero-order valence-electron chi connectivity index (χ0n) is 12.6. The van der Waals surface area contributed by atoms with Crippen LogP contribution >= 0.6 is 34.0 Å². The molecule has 4 heterocycles. The summed E-state index contributed by atoms with van der Waals surface area (Å²) in [6.07, 6.45) is 0. The van der Waals surface area contributed by atoms with Crippen LogP contribution in [0.2, 0.25) is 0 Å².